The predicted molar refractivity (Wildman–Crippen MR) is 105 cm³/mol. The van der Waals surface area contributed by atoms with Crippen LogP contribution in [0.5, 0.6) is 0 Å². The Morgan fingerprint density at radius 3 is 2.69 bits per heavy atom. The number of quaternary nitrogens is 1. The maximum atomic E-state index is 6.30. The zero-order valence-corrected chi connectivity index (χ0v) is 16.0. The van der Waals surface area contributed by atoms with Crippen molar-refractivity contribution in [2.24, 2.45) is 0 Å². The lowest BCUT2D eigenvalue weighted by atomic mass is 10.2. The van der Waals surface area contributed by atoms with E-state index < -0.39 is 0 Å². The zero-order chi connectivity index (χ0) is 17.7. The average molecular weight is 385 g/mol. The molecule has 0 radical (unpaired) electrons. The number of piperazine rings is 1. The molecule has 2 aromatic carbocycles. The quantitative estimate of drug-likeness (QED) is 0.547. The van der Waals surface area contributed by atoms with Gasteiger partial charge in [0.1, 0.15) is 0 Å². The highest BCUT2D eigenvalue weighted by molar-refractivity contribution is 7.99. The van der Waals surface area contributed by atoms with Crippen LogP contribution in [-0.2, 0) is 0 Å². The molecule has 1 saturated heterocycles. The Morgan fingerprint density at radius 2 is 1.85 bits per heavy atom. The van der Waals surface area contributed by atoms with Crippen LogP contribution in [0.4, 0.5) is 5.95 Å². The summed E-state index contributed by atoms with van der Waals surface area (Å²) < 4.78 is 2.20. The summed E-state index contributed by atoms with van der Waals surface area (Å²) >= 11 is 8.06. The first kappa shape index (κ1) is 16.2. The van der Waals surface area contributed by atoms with E-state index in [9.17, 15) is 0 Å². The van der Waals surface area contributed by atoms with E-state index in [1.54, 1.807) is 16.7 Å². The maximum Gasteiger partial charge on any atom is 0.232 e. The zero-order valence-electron chi connectivity index (χ0n) is 14.4. The molecule has 3 aromatic rings. The van der Waals surface area contributed by atoms with Crippen LogP contribution in [0.3, 0.4) is 0 Å². The fraction of sp³-hybridized carbons (Fsp3) is 0.263. The first-order chi connectivity index (χ1) is 12.7. The molecule has 5 rings (SSSR count). The Kier molecular flexibility index (Phi) is 3.92. The summed E-state index contributed by atoms with van der Waals surface area (Å²) in [6.07, 6.45) is 0. The van der Waals surface area contributed by atoms with E-state index in [1.807, 2.05) is 12.1 Å². The molecule has 3 heterocycles. The second-order valence-corrected chi connectivity index (χ2v) is 8.33. The number of halogens is 1. The smallest absolute Gasteiger partial charge is 0.232 e. The van der Waals surface area contributed by atoms with Gasteiger partial charge in [-0.1, -0.05) is 35.5 Å². The summed E-state index contributed by atoms with van der Waals surface area (Å²) in [5.74, 6) is 1.79. The van der Waals surface area contributed by atoms with Crippen LogP contribution in [0.1, 0.15) is 0 Å². The minimum absolute atomic E-state index is 0.717. The van der Waals surface area contributed by atoms with E-state index in [2.05, 4.69) is 57.0 Å². The predicted octanol–water partition coefficient (Wildman–Crippen LogP) is 2.39. The summed E-state index contributed by atoms with van der Waals surface area (Å²) in [6, 6.07) is 14.5. The van der Waals surface area contributed by atoms with Gasteiger partial charge in [0, 0.05) is 20.4 Å². The number of likely N-dealkylation sites (N-methyl/N-ethyl adjacent to an activating group) is 1. The van der Waals surface area contributed by atoms with Crippen LogP contribution < -0.4 is 9.80 Å². The van der Waals surface area contributed by atoms with Crippen molar-refractivity contribution in [3.8, 4) is 17.1 Å². The Morgan fingerprint density at radius 1 is 1.04 bits per heavy atom. The number of para-hydroxylation sites is 1. The maximum absolute atomic E-state index is 6.30. The molecule has 0 unspecified atom stereocenters. The SMILES string of the molecule is C[NH+]1CCN(c2nnc3n2-c2ccccc2Sc2ccc(Cl)cc2-3)CC1. The minimum atomic E-state index is 0.717. The van der Waals surface area contributed by atoms with E-state index in [4.69, 9.17) is 11.6 Å². The number of nitrogens with zero attached hydrogens (tertiary/aromatic N) is 4. The van der Waals surface area contributed by atoms with Crippen LogP contribution in [0.25, 0.3) is 17.1 Å². The monoisotopic (exact) mass is 384 g/mol. The molecule has 0 bridgehead atoms. The molecule has 2 aliphatic heterocycles. The molecule has 7 heteroatoms. The Bertz CT molecular complexity index is 978. The summed E-state index contributed by atoms with van der Waals surface area (Å²) in [6.45, 7) is 4.20. The summed E-state index contributed by atoms with van der Waals surface area (Å²) in [4.78, 5) is 6.27. The van der Waals surface area contributed by atoms with Crippen molar-refractivity contribution in [1.82, 2.24) is 14.8 Å². The molecule has 26 heavy (non-hydrogen) atoms. The summed E-state index contributed by atoms with van der Waals surface area (Å²) in [7, 11) is 2.24. The standard InChI is InChI=1S/C19H18ClN5S/c1-23-8-10-24(11-9-23)19-22-21-18-14-12-13(20)6-7-16(14)26-17-5-3-2-4-15(17)25(18)19/h2-7,12H,8-11H2,1H3/p+1. The van der Waals surface area contributed by atoms with Gasteiger partial charge in [-0.2, -0.15) is 0 Å². The Balaban J connectivity index is 1.73. The molecule has 1 fully saturated rings. The van der Waals surface area contributed by atoms with Crippen LogP contribution in [0, 0.1) is 0 Å². The number of aromatic nitrogens is 3. The number of hydrogen-bond acceptors (Lipinski definition) is 4. The lowest BCUT2D eigenvalue weighted by molar-refractivity contribution is -0.880. The molecule has 0 aliphatic carbocycles. The second kappa shape index (κ2) is 6.30. The van der Waals surface area contributed by atoms with Crippen LogP contribution in [-0.4, -0.2) is 48.0 Å². The van der Waals surface area contributed by atoms with Gasteiger partial charge in [0.05, 0.1) is 38.9 Å². The molecular formula is C19H19ClN5S+. The van der Waals surface area contributed by atoms with Gasteiger partial charge in [0.25, 0.3) is 0 Å². The van der Waals surface area contributed by atoms with E-state index >= 15 is 0 Å². The van der Waals surface area contributed by atoms with E-state index in [-0.39, 0.29) is 0 Å². The van der Waals surface area contributed by atoms with Crippen LogP contribution >= 0.6 is 23.4 Å². The van der Waals surface area contributed by atoms with Gasteiger partial charge in [-0.3, -0.25) is 4.57 Å². The third-order valence-electron chi connectivity index (χ3n) is 5.05. The third kappa shape index (κ3) is 2.60. The van der Waals surface area contributed by atoms with Gasteiger partial charge in [-0.15, -0.1) is 10.2 Å². The van der Waals surface area contributed by atoms with Crippen molar-refractivity contribution in [3.05, 3.63) is 47.5 Å². The van der Waals surface area contributed by atoms with Crippen LogP contribution in [0.15, 0.2) is 52.3 Å². The summed E-state index contributed by atoms with van der Waals surface area (Å²) in [5, 5.41) is 9.89. The van der Waals surface area contributed by atoms with Crippen molar-refractivity contribution in [1.29, 1.82) is 0 Å². The van der Waals surface area contributed by atoms with E-state index in [0.717, 1.165) is 59.1 Å². The number of rotatable bonds is 1. The first-order valence-electron chi connectivity index (χ1n) is 8.79. The van der Waals surface area contributed by atoms with Crippen molar-refractivity contribution in [2.75, 3.05) is 38.1 Å². The number of hydrogen-bond donors (Lipinski definition) is 1. The molecule has 1 aromatic heterocycles. The van der Waals surface area contributed by atoms with Crippen LogP contribution in [0.2, 0.25) is 5.02 Å². The fourth-order valence-corrected chi connectivity index (χ4v) is 4.79. The highest BCUT2D eigenvalue weighted by Crippen LogP contribution is 2.44. The van der Waals surface area contributed by atoms with Gasteiger partial charge in [0.2, 0.25) is 5.95 Å². The molecule has 132 valence electrons. The molecule has 5 nitrogen and oxygen atoms in total. The molecular weight excluding hydrogens is 366 g/mol. The number of fused-ring (bicyclic) bond motifs is 5. The Labute approximate surface area is 161 Å². The number of anilines is 1. The van der Waals surface area contributed by atoms with Gasteiger partial charge in [0.15, 0.2) is 5.82 Å². The average Bonchev–Trinajstić information content (AvgIpc) is 3.03. The summed E-state index contributed by atoms with van der Waals surface area (Å²) in [5.41, 5.74) is 2.17. The number of nitrogens with one attached hydrogen (secondary N) is 1. The molecule has 0 amide bonds. The second-order valence-electron chi connectivity index (χ2n) is 6.81. The molecule has 0 spiro atoms. The van der Waals surface area contributed by atoms with Gasteiger partial charge in [-0.05, 0) is 30.3 Å². The van der Waals surface area contributed by atoms with Gasteiger partial charge < -0.3 is 9.80 Å². The molecule has 2 aliphatic rings. The Hall–Kier alpha value is -2.02. The van der Waals surface area contributed by atoms with Crippen molar-refractivity contribution >= 4 is 29.3 Å². The first-order valence-corrected chi connectivity index (χ1v) is 9.99. The number of benzene rings is 2. The topological polar surface area (TPSA) is 38.4 Å². The lowest BCUT2D eigenvalue weighted by Crippen LogP contribution is -3.12. The van der Waals surface area contributed by atoms with Gasteiger partial charge >= 0.3 is 0 Å². The van der Waals surface area contributed by atoms with E-state index in [0.29, 0.717) is 0 Å². The lowest BCUT2D eigenvalue weighted by Gasteiger charge is -2.30. The van der Waals surface area contributed by atoms with Crippen molar-refractivity contribution in [3.63, 3.8) is 0 Å². The minimum Gasteiger partial charge on any atom is -0.334 e. The van der Waals surface area contributed by atoms with Crippen molar-refractivity contribution < 1.29 is 4.90 Å². The molecule has 1 N–H and O–H groups in total. The van der Waals surface area contributed by atoms with Crippen molar-refractivity contribution in [2.45, 2.75) is 9.79 Å². The molecule has 0 atom stereocenters. The van der Waals surface area contributed by atoms with Gasteiger partial charge in [-0.25, -0.2) is 0 Å². The third-order valence-corrected chi connectivity index (χ3v) is 6.43. The largest absolute Gasteiger partial charge is 0.334 e. The molecule has 0 saturated carbocycles. The van der Waals surface area contributed by atoms with E-state index in [1.165, 1.54) is 4.90 Å². The highest BCUT2D eigenvalue weighted by Gasteiger charge is 2.28. The normalized spacial score (nSPS) is 16.6. The highest BCUT2D eigenvalue weighted by atomic mass is 35.5. The fourth-order valence-electron chi connectivity index (χ4n) is 3.58.